The van der Waals surface area contributed by atoms with Gasteiger partial charge in [0.15, 0.2) is 5.82 Å². The van der Waals surface area contributed by atoms with Crippen LogP contribution in [0.15, 0.2) is 31.2 Å². The molecule has 0 unspecified atom stereocenters. The number of anilines is 2. The van der Waals surface area contributed by atoms with Crippen molar-refractivity contribution >= 4 is 11.8 Å². The first-order chi connectivity index (χ1) is 6.45. The molecule has 0 aliphatic heterocycles. The molecule has 0 fully saturated rings. The summed E-state index contributed by atoms with van der Waals surface area (Å²) < 4.78 is 0. The maximum atomic E-state index is 4.00. The molecule has 0 aliphatic rings. The summed E-state index contributed by atoms with van der Waals surface area (Å²) >= 11 is 0. The van der Waals surface area contributed by atoms with Crippen molar-refractivity contribution < 1.29 is 0 Å². The molecule has 1 N–H and O–H groups in total. The molecule has 0 atom stereocenters. The van der Waals surface area contributed by atoms with E-state index in [1.165, 1.54) is 12.7 Å². The molecule has 0 radical (unpaired) electrons. The highest BCUT2D eigenvalue weighted by Crippen LogP contribution is 2.03. The zero-order valence-electron chi connectivity index (χ0n) is 6.62. The van der Waals surface area contributed by atoms with Crippen molar-refractivity contribution in [3.8, 4) is 0 Å². The van der Waals surface area contributed by atoms with Crippen LogP contribution in [0.4, 0.5) is 11.8 Å². The average Bonchev–Trinajstić information content (AvgIpc) is 2.21. The Balaban J connectivity index is 2.16. The van der Waals surface area contributed by atoms with Gasteiger partial charge in [0.1, 0.15) is 12.7 Å². The number of aromatic nitrogens is 5. The third-order valence-electron chi connectivity index (χ3n) is 1.30. The molecule has 6 heteroatoms. The van der Waals surface area contributed by atoms with Crippen molar-refractivity contribution in [2.75, 3.05) is 5.32 Å². The molecule has 0 saturated heterocycles. The lowest BCUT2D eigenvalue weighted by molar-refractivity contribution is 1.04. The normalized spacial score (nSPS) is 9.54. The van der Waals surface area contributed by atoms with E-state index in [1.54, 1.807) is 18.6 Å². The summed E-state index contributed by atoms with van der Waals surface area (Å²) in [5, 5.41) is 2.87. The lowest BCUT2D eigenvalue weighted by Gasteiger charge is -1.99. The zero-order chi connectivity index (χ0) is 8.93. The number of rotatable bonds is 2. The third-order valence-corrected chi connectivity index (χ3v) is 1.30. The first kappa shape index (κ1) is 7.53. The lowest BCUT2D eigenvalue weighted by atomic mass is 10.6. The van der Waals surface area contributed by atoms with Crippen molar-refractivity contribution in [3.05, 3.63) is 31.2 Å². The Bertz CT molecular complexity index is 324. The maximum Gasteiger partial charge on any atom is 0.231 e. The topological polar surface area (TPSA) is 76.5 Å². The quantitative estimate of drug-likeness (QED) is 0.710. The minimum absolute atomic E-state index is 0.454. The van der Waals surface area contributed by atoms with Crippen molar-refractivity contribution in [2.24, 2.45) is 0 Å². The predicted octanol–water partition coefficient (Wildman–Crippen LogP) is 0.405. The van der Waals surface area contributed by atoms with Crippen LogP contribution in [-0.2, 0) is 0 Å². The molecule has 64 valence electrons. The van der Waals surface area contributed by atoms with Crippen LogP contribution < -0.4 is 5.32 Å². The highest BCUT2D eigenvalue weighted by atomic mass is 15.2. The molecule has 2 aromatic rings. The second-order valence-electron chi connectivity index (χ2n) is 2.18. The molecular weight excluding hydrogens is 168 g/mol. The Morgan fingerprint density at radius 2 is 1.77 bits per heavy atom. The Kier molecular flexibility index (Phi) is 2.04. The Morgan fingerprint density at radius 1 is 0.923 bits per heavy atom. The molecule has 6 nitrogen and oxygen atoms in total. The van der Waals surface area contributed by atoms with Gasteiger partial charge in [0.2, 0.25) is 5.95 Å². The summed E-state index contributed by atoms with van der Waals surface area (Å²) in [5.41, 5.74) is 0. The largest absolute Gasteiger partial charge is 0.307 e. The molecule has 0 aromatic carbocycles. The minimum atomic E-state index is 0.454. The fourth-order valence-corrected chi connectivity index (χ4v) is 0.782. The minimum Gasteiger partial charge on any atom is -0.307 e. The van der Waals surface area contributed by atoms with Crippen LogP contribution >= 0.6 is 0 Å². The van der Waals surface area contributed by atoms with Gasteiger partial charge in [-0.1, -0.05) is 0 Å². The molecular formula is C7H6N6. The van der Waals surface area contributed by atoms with Gasteiger partial charge in [0, 0.05) is 12.4 Å². The van der Waals surface area contributed by atoms with Gasteiger partial charge >= 0.3 is 0 Å². The zero-order valence-corrected chi connectivity index (χ0v) is 6.62. The molecule has 0 aliphatic carbocycles. The molecule has 2 heterocycles. The first-order valence-corrected chi connectivity index (χ1v) is 3.60. The Labute approximate surface area is 74.1 Å². The predicted molar refractivity (Wildman–Crippen MR) is 45.1 cm³/mol. The van der Waals surface area contributed by atoms with E-state index in [2.05, 4.69) is 30.2 Å². The van der Waals surface area contributed by atoms with Crippen molar-refractivity contribution in [1.29, 1.82) is 0 Å². The average molecular weight is 174 g/mol. The molecule has 2 rings (SSSR count). The van der Waals surface area contributed by atoms with Gasteiger partial charge in [0.05, 0.1) is 6.20 Å². The summed E-state index contributed by atoms with van der Waals surface area (Å²) in [7, 11) is 0. The van der Waals surface area contributed by atoms with E-state index in [-0.39, 0.29) is 0 Å². The van der Waals surface area contributed by atoms with Crippen molar-refractivity contribution in [2.45, 2.75) is 0 Å². The molecule has 0 saturated carbocycles. The van der Waals surface area contributed by atoms with Crippen LogP contribution in [0.2, 0.25) is 0 Å². The Hall–Kier alpha value is -2.11. The van der Waals surface area contributed by atoms with Gasteiger partial charge < -0.3 is 5.32 Å². The summed E-state index contributed by atoms with van der Waals surface area (Å²) in [6, 6.07) is 0. The summed E-state index contributed by atoms with van der Waals surface area (Å²) in [6.07, 6.45) is 7.59. The molecule has 13 heavy (non-hydrogen) atoms. The Morgan fingerprint density at radius 3 is 2.46 bits per heavy atom. The van der Waals surface area contributed by atoms with E-state index in [1.807, 2.05) is 0 Å². The fourth-order valence-electron chi connectivity index (χ4n) is 0.782. The number of hydrogen-bond acceptors (Lipinski definition) is 6. The highest BCUT2D eigenvalue weighted by Gasteiger charge is 1.95. The molecule has 2 aromatic heterocycles. The van der Waals surface area contributed by atoms with Crippen molar-refractivity contribution in [3.63, 3.8) is 0 Å². The fraction of sp³-hybridized carbons (Fsp3) is 0. The number of nitrogens with zero attached hydrogens (tertiary/aromatic N) is 5. The molecule has 0 bridgehead atoms. The monoisotopic (exact) mass is 174 g/mol. The molecule has 0 spiro atoms. The van der Waals surface area contributed by atoms with Crippen LogP contribution in [-0.4, -0.2) is 24.9 Å². The standard InChI is InChI=1S/C7H6N6/c1-2-10-6(3-8-1)13-7-11-4-9-5-12-7/h1-5H,(H,9,10,11,12,13). The van der Waals surface area contributed by atoms with Gasteiger partial charge in [-0.15, -0.1) is 0 Å². The SMILES string of the molecule is c1cnc(Nc2ncncn2)cn1. The van der Waals surface area contributed by atoms with E-state index in [0.29, 0.717) is 11.8 Å². The van der Waals surface area contributed by atoms with Crippen LogP contribution in [0.25, 0.3) is 0 Å². The van der Waals surface area contributed by atoms with Gasteiger partial charge in [0.25, 0.3) is 0 Å². The molecule has 0 amide bonds. The van der Waals surface area contributed by atoms with Gasteiger partial charge in [-0.3, -0.25) is 4.98 Å². The number of hydrogen-bond donors (Lipinski definition) is 1. The third kappa shape index (κ3) is 1.92. The van der Waals surface area contributed by atoms with Crippen molar-refractivity contribution in [1.82, 2.24) is 24.9 Å². The summed E-state index contributed by atoms with van der Waals surface area (Å²) in [6.45, 7) is 0. The second-order valence-corrected chi connectivity index (χ2v) is 2.18. The first-order valence-electron chi connectivity index (χ1n) is 3.60. The van der Waals surface area contributed by atoms with Gasteiger partial charge in [-0.2, -0.15) is 0 Å². The van der Waals surface area contributed by atoms with E-state index < -0.39 is 0 Å². The van der Waals surface area contributed by atoms with Crippen LogP contribution in [0, 0.1) is 0 Å². The van der Waals surface area contributed by atoms with E-state index in [4.69, 9.17) is 0 Å². The highest BCUT2D eigenvalue weighted by molar-refractivity contribution is 5.44. The summed E-state index contributed by atoms with van der Waals surface area (Å²) in [4.78, 5) is 19.3. The van der Waals surface area contributed by atoms with Crippen LogP contribution in [0.1, 0.15) is 0 Å². The lowest BCUT2D eigenvalue weighted by Crippen LogP contribution is -1.98. The summed E-state index contributed by atoms with van der Waals surface area (Å²) in [5.74, 6) is 1.06. The van der Waals surface area contributed by atoms with E-state index in [0.717, 1.165) is 0 Å². The van der Waals surface area contributed by atoms with E-state index >= 15 is 0 Å². The maximum absolute atomic E-state index is 4.00. The van der Waals surface area contributed by atoms with Crippen LogP contribution in [0.5, 0.6) is 0 Å². The smallest absolute Gasteiger partial charge is 0.231 e. The van der Waals surface area contributed by atoms with E-state index in [9.17, 15) is 0 Å². The number of nitrogens with one attached hydrogen (secondary N) is 1. The van der Waals surface area contributed by atoms with Gasteiger partial charge in [-0.25, -0.2) is 19.9 Å². The van der Waals surface area contributed by atoms with Gasteiger partial charge in [-0.05, 0) is 0 Å². The van der Waals surface area contributed by atoms with Crippen LogP contribution in [0.3, 0.4) is 0 Å². The second kappa shape index (κ2) is 3.53.